The lowest BCUT2D eigenvalue weighted by molar-refractivity contribution is 0.108. The molecule has 1 aliphatic heterocycles. The molecule has 5 heteroatoms. The van der Waals surface area contributed by atoms with E-state index in [4.69, 9.17) is 4.74 Å². The zero-order chi connectivity index (χ0) is 12.5. The second-order valence-corrected chi connectivity index (χ2v) is 4.31. The number of aromatic nitrogens is 3. The van der Waals surface area contributed by atoms with E-state index in [1.165, 1.54) is 0 Å². The molecule has 0 saturated heterocycles. The summed E-state index contributed by atoms with van der Waals surface area (Å²) in [6, 6.07) is 3.81. The summed E-state index contributed by atoms with van der Waals surface area (Å²) in [6.07, 6.45) is 2.38. The molecule has 1 aliphatic rings. The van der Waals surface area contributed by atoms with Crippen molar-refractivity contribution in [1.29, 1.82) is 0 Å². The van der Waals surface area contributed by atoms with Gasteiger partial charge in [0.15, 0.2) is 5.82 Å². The third-order valence-corrected chi connectivity index (χ3v) is 3.06. The molecule has 2 aromatic rings. The van der Waals surface area contributed by atoms with E-state index >= 15 is 0 Å². The van der Waals surface area contributed by atoms with E-state index in [1.807, 2.05) is 19.1 Å². The Morgan fingerprint density at radius 2 is 2.33 bits per heavy atom. The Balaban J connectivity index is 2.17. The highest BCUT2D eigenvalue weighted by atomic mass is 16.5. The monoisotopic (exact) mass is 243 g/mol. The molecular formula is C13H13N3O2. The van der Waals surface area contributed by atoms with Crippen molar-refractivity contribution in [2.75, 3.05) is 6.61 Å². The molecule has 3 rings (SSSR count). The van der Waals surface area contributed by atoms with Gasteiger partial charge < -0.3 is 9.72 Å². The van der Waals surface area contributed by atoms with Crippen molar-refractivity contribution >= 4 is 0 Å². The van der Waals surface area contributed by atoms with Gasteiger partial charge in [-0.15, -0.1) is 0 Å². The van der Waals surface area contributed by atoms with Crippen molar-refractivity contribution in [3.8, 4) is 11.5 Å². The van der Waals surface area contributed by atoms with Gasteiger partial charge in [0, 0.05) is 12.6 Å². The number of aryl methyl sites for hydroxylation is 1. The number of fused-ring (bicyclic) bond motifs is 1. The quantitative estimate of drug-likeness (QED) is 0.817. The van der Waals surface area contributed by atoms with Crippen molar-refractivity contribution < 1.29 is 4.74 Å². The summed E-state index contributed by atoms with van der Waals surface area (Å²) in [4.78, 5) is 23.5. The fourth-order valence-electron chi connectivity index (χ4n) is 2.09. The molecule has 0 aliphatic carbocycles. The highest BCUT2D eigenvalue weighted by Crippen LogP contribution is 2.18. The lowest BCUT2D eigenvalue weighted by Gasteiger charge is -2.15. The predicted molar refractivity (Wildman–Crippen MR) is 66.2 cm³/mol. The number of hydrogen-bond acceptors (Lipinski definition) is 4. The Bertz CT molecular complexity index is 649. The molecular weight excluding hydrogens is 230 g/mol. The van der Waals surface area contributed by atoms with Gasteiger partial charge in [0.25, 0.3) is 5.56 Å². The van der Waals surface area contributed by atoms with E-state index in [2.05, 4.69) is 15.0 Å². The van der Waals surface area contributed by atoms with Gasteiger partial charge in [-0.25, -0.2) is 4.98 Å². The van der Waals surface area contributed by atoms with E-state index < -0.39 is 0 Å². The van der Waals surface area contributed by atoms with E-state index in [0.29, 0.717) is 31.0 Å². The predicted octanol–water partition coefficient (Wildman–Crippen LogP) is 1.21. The summed E-state index contributed by atoms with van der Waals surface area (Å²) >= 11 is 0. The van der Waals surface area contributed by atoms with Crippen molar-refractivity contribution in [1.82, 2.24) is 15.0 Å². The van der Waals surface area contributed by atoms with Crippen molar-refractivity contribution in [2.24, 2.45) is 0 Å². The molecule has 1 N–H and O–H groups in total. The van der Waals surface area contributed by atoms with Gasteiger partial charge in [-0.05, 0) is 18.6 Å². The zero-order valence-electron chi connectivity index (χ0n) is 10.1. The first kappa shape index (κ1) is 11.1. The minimum absolute atomic E-state index is 0.125. The van der Waals surface area contributed by atoms with Crippen LogP contribution >= 0.6 is 0 Å². The SMILES string of the molecule is Cc1cccnc1-c1nc2c(c(=O)[nH]1)COCC2. The summed E-state index contributed by atoms with van der Waals surface area (Å²) < 4.78 is 5.27. The van der Waals surface area contributed by atoms with Crippen LogP contribution < -0.4 is 5.56 Å². The Labute approximate surface area is 104 Å². The number of ether oxygens (including phenoxy) is 1. The van der Waals surface area contributed by atoms with E-state index in [9.17, 15) is 4.79 Å². The average Bonchev–Trinajstić information content (AvgIpc) is 2.39. The molecule has 0 saturated carbocycles. The van der Waals surface area contributed by atoms with Crippen LogP contribution in [-0.2, 0) is 17.8 Å². The van der Waals surface area contributed by atoms with Crippen LogP contribution in [-0.4, -0.2) is 21.6 Å². The minimum Gasteiger partial charge on any atom is -0.376 e. The third-order valence-electron chi connectivity index (χ3n) is 3.06. The van der Waals surface area contributed by atoms with Crippen molar-refractivity contribution in [2.45, 2.75) is 20.0 Å². The van der Waals surface area contributed by atoms with E-state index in [0.717, 1.165) is 17.0 Å². The van der Waals surface area contributed by atoms with Crippen molar-refractivity contribution in [3.05, 3.63) is 45.5 Å². The molecule has 92 valence electrons. The minimum atomic E-state index is -0.125. The van der Waals surface area contributed by atoms with Gasteiger partial charge in [-0.1, -0.05) is 6.07 Å². The smallest absolute Gasteiger partial charge is 0.256 e. The summed E-state index contributed by atoms with van der Waals surface area (Å²) in [5.74, 6) is 0.541. The summed E-state index contributed by atoms with van der Waals surface area (Å²) in [5.41, 5.74) is 3.06. The second kappa shape index (κ2) is 4.34. The normalized spacial score (nSPS) is 14.3. The first-order valence-corrected chi connectivity index (χ1v) is 5.87. The fourth-order valence-corrected chi connectivity index (χ4v) is 2.09. The van der Waals surface area contributed by atoms with Crippen LogP contribution in [0.3, 0.4) is 0 Å². The van der Waals surface area contributed by atoms with E-state index in [-0.39, 0.29) is 5.56 Å². The Morgan fingerprint density at radius 3 is 3.17 bits per heavy atom. The zero-order valence-corrected chi connectivity index (χ0v) is 10.1. The number of aromatic amines is 1. The van der Waals surface area contributed by atoms with E-state index in [1.54, 1.807) is 6.20 Å². The van der Waals surface area contributed by atoms with Crippen LogP contribution in [0, 0.1) is 6.92 Å². The molecule has 0 amide bonds. The second-order valence-electron chi connectivity index (χ2n) is 4.31. The fraction of sp³-hybridized carbons (Fsp3) is 0.308. The number of nitrogens with zero attached hydrogens (tertiary/aromatic N) is 2. The lowest BCUT2D eigenvalue weighted by Crippen LogP contribution is -2.24. The molecule has 5 nitrogen and oxygen atoms in total. The molecule has 0 aromatic carbocycles. The highest BCUT2D eigenvalue weighted by molar-refractivity contribution is 5.54. The number of nitrogens with one attached hydrogen (secondary N) is 1. The third kappa shape index (κ3) is 1.82. The van der Waals surface area contributed by atoms with Crippen molar-refractivity contribution in [3.63, 3.8) is 0 Å². The Morgan fingerprint density at radius 1 is 1.44 bits per heavy atom. The van der Waals surface area contributed by atoms with Crippen LogP contribution in [0.2, 0.25) is 0 Å². The summed E-state index contributed by atoms with van der Waals surface area (Å²) in [7, 11) is 0. The number of hydrogen-bond donors (Lipinski definition) is 1. The van der Waals surface area contributed by atoms with Crippen LogP contribution in [0.15, 0.2) is 23.1 Å². The first-order valence-electron chi connectivity index (χ1n) is 5.87. The van der Waals surface area contributed by atoms with Gasteiger partial charge in [0.1, 0.15) is 5.69 Å². The van der Waals surface area contributed by atoms with Gasteiger partial charge >= 0.3 is 0 Å². The van der Waals surface area contributed by atoms with Crippen LogP contribution in [0.4, 0.5) is 0 Å². The molecule has 18 heavy (non-hydrogen) atoms. The van der Waals surface area contributed by atoms with Crippen LogP contribution in [0.5, 0.6) is 0 Å². The Kier molecular flexibility index (Phi) is 2.68. The molecule has 3 heterocycles. The molecule has 0 fully saturated rings. The molecule has 0 atom stereocenters. The van der Waals surface area contributed by atoms with Gasteiger partial charge in [0.2, 0.25) is 0 Å². The molecule has 0 bridgehead atoms. The van der Waals surface area contributed by atoms with Crippen LogP contribution in [0.1, 0.15) is 16.8 Å². The molecule has 2 aromatic heterocycles. The molecule has 0 spiro atoms. The number of pyridine rings is 1. The van der Waals surface area contributed by atoms with Gasteiger partial charge in [-0.2, -0.15) is 0 Å². The maximum absolute atomic E-state index is 12.0. The largest absolute Gasteiger partial charge is 0.376 e. The van der Waals surface area contributed by atoms with Gasteiger partial charge in [-0.3, -0.25) is 9.78 Å². The Hall–Kier alpha value is -2.01. The molecule has 0 unspecified atom stereocenters. The standard InChI is InChI=1S/C13H13N3O2/c1-8-3-2-5-14-11(8)12-15-10-4-6-18-7-9(10)13(17)16-12/h2-3,5H,4,6-7H2,1H3,(H,15,16,17). The number of H-pyrrole nitrogens is 1. The lowest BCUT2D eigenvalue weighted by atomic mass is 10.1. The average molecular weight is 243 g/mol. The van der Waals surface area contributed by atoms with Crippen LogP contribution in [0.25, 0.3) is 11.5 Å². The maximum Gasteiger partial charge on any atom is 0.256 e. The number of rotatable bonds is 1. The highest BCUT2D eigenvalue weighted by Gasteiger charge is 2.17. The topological polar surface area (TPSA) is 67.9 Å². The summed E-state index contributed by atoms with van der Waals surface area (Å²) in [5, 5.41) is 0. The maximum atomic E-state index is 12.0. The summed E-state index contributed by atoms with van der Waals surface area (Å²) in [6.45, 7) is 2.91. The molecule has 0 radical (unpaired) electrons. The van der Waals surface area contributed by atoms with Gasteiger partial charge in [0.05, 0.1) is 24.5 Å². The first-order chi connectivity index (χ1) is 8.75.